The number of benzene rings is 1. The fourth-order valence-corrected chi connectivity index (χ4v) is 1.46. The van der Waals surface area contributed by atoms with Gasteiger partial charge in [-0.1, -0.05) is 17.7 Å². The van der Waals surface area contributed by atoms with E-state index in [9.17, 15) is 4.79 Å². The fraction of sp³-hybridized carbons (Fsp3) is 0.167. The average Bonchev–Trinajstić information content (AvgIpc) is 2.30. The predicted octanol–water partition coefficient (Wildman–Crippen LogP) is 1.58. The Labute approximate surface area is 110 Å². The molecule has 0 heterocycles. The lowest BCUT2D eigenvalue weighted by atomic mass is 10.2. The van der Waals surface area contributed by atoms with E-state index in [4.69, 9.17) is 22.6 Å². The van der Waals surface area contributed by atoms with Crippen LogP contribution in [0.15, 0.2) is 35.7 Å². The third-order valence-corrected chi connectivity index (χ3v) is 2.28. The molecule has 0 saturated carbocycles. The van der Waals surface area contributed by atoms with E-state index in [0.29, 0.717) is 17.3 Å². The van der Waals surface area contributed by atoms with Crippen LogP contribution in [0.25, 0.3) is 0 Å². The number of nitrogens with zero attached hydrogens (tertiary/aromatic N) is 1. The summed E-state index contributed by atoms with van der Waals surface area (Å²) in [6.45, 7) is 2.18. The van der Waals surface area contributed by atoms with Crippen LogP contribution in [-0.2, 0) is 4.79 Å². The number of nitrogens with one attached hydrogen (secondary N) is 2. The van der Waals surface area contributed by atoms with Crippen molar-refractivity contribution in [2.75, 3.05) is 11.9 Å². The van der Waals surface area contributed by atoms with Crippen molar-refractivity contribution in [2.45, 2.75) is 6.92 Å². The average molecular weight is 265 g/mol. The van der Waals surface area contributed by atoms with Crippen molar-refractivity contribution in [1.82, 2.24) is 5.32 Å². The summed E-state index contributed by atoms with van der Waals surface area (Å²) >= 11 is 5.81. The van der Waals surface area contributed by atoms with Crippen molar-refractivity contribution in [1.29, 1.82) is 5.26 Å². The minimum atomic E-state index is -0.507. The van der Waals surface area contributed by atoms with Crippen molar-refractivity contribution in [3.63, 3.8) is 0 Å². The first-order valence-electron chi connectivity index (χ1n) is 5.29. The van der Waals surface area contributed by atoms with Gasteiger partial charge in [-0.2, -0.15) is 5.26 Å². The van der Waals surface area contributed by atoms with Gasteiger partial charge in [-0.15, -0.1) is 0 Å². The number of rotatable bonds is 4. The molecular weight excluding hydrogens is 252 g/mol. The van der Waals surface area contributed by atoms with Gasteiger partial charge in [0.2, 0.25) is 0 Å². The molecule has 5 nitrogen and oxygen atoms in total. The lowest BCUT2D eigenvalue weighted by Crippen LogP contribution is -2.28. The fourth-order valence-electron chi connectivity index (χ4n) is 1.27. The number of hydrogen-bond acceptors (Lipinski definition) is 4. The van der Waals surface area contributed by atoms with Crippen LogP contribution >= 0.6 is 11.6 Å². The van der Waals surface area contributed by atoms with E-state index in [0.717, 1.165) is 0 Å². The Morgan fingerprint density at radius 1 is 1.56 bits per heavy atom. The van der Waals surface area contributed by atoms with Crippen LogP contribution in [0.4, 0.5) is 5.69 Å². The number of carbonyl (C=O) groups is 1. The minimum absolute atomic E-state index is 0.00860. The maximum absolute atomic E-state index is 11.5. The molecule has 18 heavy (non-hydrogen) atoms. The molecule has 1 aromatic carbocycles. The number of hydrogen-bond donors (Lipinski definition) is 3. The van der Waals surface area contributed by atoms with Gasteiger partial charge in [0.05, 0.1) is 0 Å². The smallest absolute Gasteiger partial charge is 0.265 e. The number of halogens is 1. The van der Waals surface area contributed by atoms with Crippen molar-refractivity contribution in [3.05, 3.63) is 40.7 Å². The van der Waals surface area contributed by atoms with Gasteiger partial charge < -0.3 is 16.4 Å². The highest BCUT2D eigenvalue weighted by atomic mass is 35.5. The van der Waals surface area contributed by atoms with Gasteiger partial charge >= 0.3 is 0 Å². The highest BCUT2D eigenvalue weighted by molar-refractivity contribution is 6.30. The molecule has 0 aliphatic heterocycles. The number of nitriles is 1. The lowest BCUT2D eigenvalue weighted by molar-refractivity contribution is -0.117. The molecule has 0 spiro atoms. The number of anilines is 1. The summed E-state index contributed by atoms with van der Waals surface area (Å²) < 4.78 is 0. The third kappa shape index (κ3) is 3.68. The first-order valence-corrected chi connectivity index (χ1v) is 5.67. The van der Waals surface area contributed by atoms with Crippen molar-refractivity contribution >= 4 is 23.2 Å². The normalized spacial score (nSPS) is 11.2. The summed E-state index contributed by atoms with van der Waals surface area (Å²) in [5, 5.41) is 14.7. The third-order valence-electron chi connectivity index (χ3n) is 2.05. The van der Waals surface area contributed by atoms with Crippen LogP contribution in [0.3, 0.4) is 0 Å². The first kappa shape index (κ1) is 13.9. The second kappa shape index (κ2) is 6.52. The van der Waals surface area contributed by atoms with Crippen LogP contribution < -0.4 is 16.4 Å². The van der Waals surface area contributed by atoms with E-state index >= 15 is 0 Å². The Hall–Kier alpha value is -2.19. The first-order chi connectivity index (χ1) is 8.58. The zero-order valence-corrected chi connectivity index (χ0v) is 10.6. The largest absolute Gasteiger partial charge is 0.384 e. The molecule has 0 atom stereocenters. The summed E-state index contributed by atoms with van der Waals surface area (Å²) in [7, 11) is 0. The number of nitrogens with two attached hydrogens (primary N) is 1. The van der Waals surface area contributed by atoms with Crippen LogP contribution in [-0.4, -0.2) is 12.5 Å². The molecule has 0 aromatic heterocycles. The van der Waals surface area contributed by atoms with Crippen LogP contribution in [0.2, 0.25) is 5.02 Å². The second-order valence-electron chi connectivity index (χ2n) is 3.40. The van der Waals surface area contributed by atoms with Crippen molar-refractivity contribution < 1.29 is 4.79 Å². The zero-order valence-electron chi connectivity index (χ0n) is 9.83. The second-order valence-corrected chi connectivity index (χ2v) is 3.83. The molecule has 0 saturated heterocycles. The summed E-state index contributed by atoms with van der Waals surface area (Å²) in [6.07, 6.45) is 0. The molecule has 6 heteroatoms. The van der Waals surface area contributed by atoms with Gasteiger partial charge in [-0.05, 0) is 25.1 Å². The summed E-state index contributed by atoms with van der Waals surface area (Å²) in [5.41, 5.74) is 6.14. The molecule has 0 aliphatic rings. The molecule has 0 fully saturated rings. The molecule has 0 unspecified atom stereocenters. The summed E-state index contributed by atoms with van der Waals surface area (Å²) in [4.78, 5) is 11.5. The summed E-state index contributed by atoms with van der Waals surface area (Å²) in [6, 6.07) is 8.58. The van der Waals surface area contributed by atoms with E-state index in [1.54, 1.807) is 37.3 Å². The van der Waals surface area contributed by atoms with E-state index in [1.165, 1.54) is 0 Å². The number of likely N-dealkylation sites (N-methyl/N-ethyl adjacent to an activating group) is 1. The standard InChI is InChI=1S/C12H13ClN4O/c1-2-16-12(18)10(7-14)11(15)17-9-5-3-4-8(13)6-9/h3-6,17H,2,15H2,1H3,(H,16,18)/b11-10+. The van der Waals surface area contributed by atoms with Crippen LogP contribution in [0, 0.1) is 11.3 Å². The number of carbonyl (C=O) groups excluding carboxylic acids is 1. The van der Waals surface area contributed by atoms with Gasteiger partial charge in [-0.25, -0.2) is 0 Å². The number of amides is 1. The van der Waals surface area contributed by atoms with E-state index in [2.05, 4.69) is 10.6 Å². The molecule has 1 aromatic rings. The van der Waals surface area contributed by atoms with E-state index < -0.39 is 5.91 Å². The van der Waals surface area contributed by atoms with Gasteiger partial charge in [0.25, 0.3) is 5.91 Å². The molecule has 1 amide bonds. The van der Waals surface area contributed by atoms with Crippen molar-refractivity contribution in [2.24, 2.45) is 5.73 Å². The maximum atomic E-state index is 11.5. The molecule has 4 N–H and O–H groups in total. The minimum Gasteiger partial charge on any atom is -0.384 e. The van der Waals surface area contributed by atoms with E-state index in [1.807, 2.05) is 0 Å². The topological polar surface area (TPSA) is 90.9 Å². The quantitative estimate of drug-likeness (QED) is 0.569. The SMILES string of the molecule is CCNC(=O)/C(C#N)=C(\N)Nc1cccc(Cl)c1. The molecular formula is C12H13ClN4O. The maximum Gasteiger partial charge on any atom is 0.265 e. The van der Waals surface area contributed by atoms with Gasteiger partial charge in [0.15, 0.2) is 5.57 Å². The van der Waals surface area contributed by atoms with Crippen LogP contribution in [0.5, 0.6) is 0 Å². The molecule has 0 radical (unpaired) electrons. The van der Waals surface area contributed by atoms with Crippen molar-refractivity contribution in [3.8, 4) is 6.07 Å². The Kier molecular flexibility index (Phi) is 5.03. The molecule has 0 aliphatic carbocycles. The van der Waals surface area contributed by atoms with E-state index in [-0.39, 0.29) is 11.4 Å². The van der Waals surface area contributed by atoms with Gasteiger partial charge in [0, 0.05) is 17.3 Å². The Morgan fingerprint density at radius 2 is 2.28 bits per heavy atom. The highest BCUT2D eigenvalue weighted by Crippen LogP contribution is 2.16. The molecule has 1 rings (SSSR count). The summed E-state index contributed by atoms with van der Waals surface area (Å²) in [5.74, 6) is -0.516. The lowest BCUT2D eigenvalue weighted by Gasteiger charge is -2.09. The molecule has 94 valence electrons. The Morgan fingerprint density at radius 3 is 2.83 bits per heavy atom. The highest BCUT2D eigenvalue weighted by Gasteiger charge is 2.12. The molecule has 0 bridgehead atoms. The van der Waals surface area contributed by atoms with Gasteiger partial charge in [0.1, 0.15) is 11.9 Å². The predicted molar refractivity (Wildman–Crippen MR) is 70.6 cm³/mol. The zero-order chi connectivity index (χ0) is 13.5. The Bertz CT molecular complexity index is 519. The van der Waals surface area contributed by atoms with Crippen LogP contribution in [0.1, 0.15) is 6.92 Å². The Balaban J connectivity index is 2.94. The monoisotopic (exact) mass is 264 g/mol. The van der Waals surface area contributed by atoms with Gasteiger partial charge in [-0.3, -0.25) is 4.79 Å².